The van der Waals surface area contributed by atoms with E-state index in [0.29, 0.717) is 37.6 Å². The highest BCUT2D eigenvalue weighted by atomic mass is 16.6. The second kappa shape index (κ2) is 5.73. The van der Waals surface area contributed by atoms with Crippen LogP contribution in [0.15, 0.2) is 18.2 Å². The van der Waals surface area contributed by atoms with Gasteiger partial charge in [-0.15, -0.1) is 0 Å². The molecule has 0 atom stereocenters. The Morgan fingerprint density at radius 1 is 1.47 bits per heavy atom. The fourth-order valence-electron chi connectivity index (χ4n) is 1.99. The zero-order chi connectivity index (χ0) is 13.8. The molecule has 1 fully saturated rings. The Kier molecular flexibility index (Phi) is 4.04. The molecule has 0 aliphatic carbocycles. The molecule has 1 saturated heterocycles. The molecule has 1 aromatic carbocycles. The normalized spacial score (nSPS) is 14.4. The molecule has 0 spiro atoms. The molecule has 0 N–H and O–H groups in total. The third-order valence-corrected chi connectivity index (χ3v) is 2.97. The predicted molar refractivity (Wildman–Crippen MR) is 69.4 cm³/mol. The summed E-state index contributed by atoms with van der Waals surface area (Å²) in [6, 6.07) is 5.29. The number of cyclic esters (lactones) is 1. The highest BCUT2D eigenvalue weighted by Gasteiger charge is 2.23. The van der Waals surface area contributed by atoms with E-state index >= 15 is 0 Å². The van der Waals surface area contributed by atoms with Crippen LogP contribution < -0.4 is 4.74 Å². The van der Waals surface area contributed by atoms with Crippen molar-refractivity contribution in [2.75, 3.05) is 19.8 Å². The lowest BCUT2D eigenvalue weighted by atomic mass is 10.1. The van der Waals surface area contributed by atoms with E-state index in [2.05, 4.69) is 0 Å². The number of ether oxygens (including phenoxy) is 2. The minimum atomic E-state index is -0.323. The van der Waals surface area contributed by atoms with E-state index in [4.69, 9.17) is 9.47 Å². The van der Waals surface area contributed by atoms with Crippen LogP contribution in [0.4, 0.5) is 4.79 Å². The molecule has 1 aliphatic rings. The first-order chi connectivity index (χ1) is 9.11. The summed E-state index contributed by atoms with van der Waals surface area (Å²) >= 11 is 0. The number of hydrogen-bond donors (Lipinski definition) is 0. The molecule has 0 radical (unpaired) electrons. The largest absolute Gasteiger partial charge is 0.494 e. The van der Waals surface area contributed by atoms with Gasteiger partial charge in [0.1, 0.15) is 12.4 Å². The molecule has 0 bridgehead atoms. The van der Waals surface area contributed by atoms with Crippen LogP contribution in [0.1, 0.15) is 29.8 Å². The molecule has 2 rings (SSSR count). The highest BCUT2D eigenvalue weighted by Crippen LogP contribution is 2.23. The van der Waals surface area contributed by atoms with Gasteiger partial charge in [0.15, 0.2) is 5.78 Å². The van der Waals surface area contributed by atoms with E-state index < -0.39 is 0 Å². The predicted octanol–water partition coefficient (Wildman–Crippen LogP) is 2.24. The van der Waals surface area contributed by atoms with Crippen molar-refractivity contribution in [2.45, 2.75) is 20.4 Å². The van der Waals surface area contributed by atoms with Crippen LogP contribution in [-0.2, 0) is 11.3 Å². The van der Waals surface area contributed by atoms with Crippen molar-refractivity contribution in [1.82, 2.24) is 4.90 Å². The summed E-state index contributed by atoms with van der Waals surface area (Å²) in [6.45, 7) is 5.33. The summed E-state index contributed by atoms with van der Waals surface area (Å²) in [5.74, 6) is 0.695. The maximum atomic E-state index is 11.5. The van der Waals surface area contributed by atoms with Gasteiger partial charge in [0.05, 0.1) is 19.7 Å². The molecule has 1 heterocycles. The van der Waals surface area contributed by atoms with Crippen molar-refractivity contribution in [1.29, 1.82) is 0 Å². The van der Waals surface area contributed by atoms with E-state index in [9.17, 15) is 9.59 Å². The molecule has 19 heavy (non-hydrogen) atoms. The maximum absolute atomic E-state index is 11.5. The van der Waals surface area contributed by atoms with E-state index in [0.717, 1.165) is 5.56 Å². The van der Waals surface area contributed by atoms with Gasteiger partial charge in [-0.1, -0.05) is 0 Å². The number of carbonyl (C=O) groups excluding carboxylic acids is 2. The van der Waals surface area contributed by atoms with Gasteiger partial charge in [0.2, 0.25) is 0 Å². The molecule has 5 nitrogen and oxygen atoms in total. The van der Waals surface area contributed by atoms with Crippen molar-refractivity contribution < 1.29 is 19.1 Å². The fourth-order valence-corrected chi connectivity index (χ4v) is 1.99. The zero-order valence-electron chi connectivity index (χ0n) is 11.1. The van der Waals surface area contributed by atoms with Gasteiger partial charge in [-0.25, -0.2) is 4.79 Å². The fraction of sp³-hybridized carbons (Fsp3) is 0.429. The molecule has 0 unspecified atom stereocenters. The first-order valence-electron chi connectivity index (χ1n) is 6.30. The van der Waals surface area contributed by atoms with Crippen LogP contribution in [0, 0.1) is 0 Å². The minimum Gasteiger partial charge on any atom is -0.494 e. The summed E-state index contributed by atoms with van der Waals surface area (Å²) in [5.41, 5.74) is 1.44. The van der Waals surface area contributed by atoms with Gasteiger partial charge in [-0.2, -0.15) is 0 Å². The van der Waals surface area contributed by atoms with E-state index in [1.165, 1.54) is 6.92 Å². The third kappa shape index (κ3) is 3.05. The van der Waals surface area contributed by atoms with Crippen molar-refractivity contribution in [3.63, 3.8) is 0 Å². The Hall–Kier alpha value is -2.04. The van der Waals surface area contributed by atoms with Crippen molar-refractivity contribution in [2.24, 2.45) is 0 Å². The molecular formula is C14H17NO4. The Labute approximate surface area is 112 Å². The van der Waals surface area contributed by atoms with Crippen LogP contribution in [-0.4, -0.2) is 36.5 Å². The number of nitrogens with zero attached hydrogens (tertiary/aromatic N) is 1. The number of rotatable bonds is 5. The standard InChI is InChI=1S/C14H17NO4/c1-3-18-13-5-4-11(10(2)16)8-12(13)9-15-6-7-19-14(15)17/h4-5,8H,3,6-7,9H2,1-2H3. The molecule has 0 saturated carbocycles. The molecule has 102 valence electrons. The van der Waals surface area contributed by atoms with Crippen LogP contribution in [0.3, 0.4) is 0 Å². The summed E-state index contributed by atoms with van der Waals surface area (Å²) in [6.07, 6.45) is -0.323. The van der Waals surface area contributed by atoms with Gasteiger partial charge in [0.25, 0.3) is 0 Å². The summed E-state index contributed by atoms with van der Waals surface area (Å²) in [4.78, 5) is 24.5. The number of hydrogen-bond acceptors (Lipinski definition) is 4. The first-order valence-corrected chi connectivity index (χ1v) is 6.30. The van der Waals surface area contributed by atoms with Gasteiger partial charge >= 0.3 is 6.09 Å². The third-order valence-electron chi connectivity index (χ3n) is 2.97. The van der Waals surface area contributed by atoms with E-state index in [1.807, 2.05) is 6.92 Å². The Bertz CT molecular complexity index is 498. The first kappa shape index (κ1) is 13.4. The zero-order valence-corrected chi connectivity index (χ0v) is 11.1. The average Bonchev–Trinajstić information content (AvgIpc) is 2.77. The summed E-state index contributed by atoms with van der Waals surface area (Å²) in [7, 11) is 0. The molecule has 5 heteroatoms. The van der Waals surface area contributed by atoms with Gasteiger partial charge in [-0.3, -0.25) is 4.79 Å². The van der Waals surface area contributed by atoms with Gasteiger partial charge in [-0.05, 0) is 32.0 Å². The van der Waals surface area contributed by atoms with Crippen molar-refractivity contribution in [3.8, 4) is 5.75 Å². The Morgan fingerprint density at radius 3 is 2.84 bits per heavy atom. The summed E-state index contributed by atoms with van der Waals surface area (Å²) < 4.78 is 10.4. The second-order valence-corrected chi connectivity index (χ2v) is 4.35. The average molecular weight is 263 g/mol. The van der Waals surface area contributed by atoms with Crippen molar-refractivity contribution >= 4 is 11.9 Å². The number of Topliss-reactive ketones (excluding diaryl/α,β-unsaturated/α-hetero) is 1. The number of benzene rings is 1. The van der Waals surface area contributed by atoms with E-state index in [-0.39, 0.29) is 11.9 Å². The highest BCUT2D eigenvalue weighted by molar-refractivity contribution is 5.94. The molecule has 1 amide bonds. The lowest BCUT2D eigenvalue weighted by Crippen LogP contribution is -2.24. The minimum absolute atomic E-state index is 0.00621. The number of carbonyl (C=O) groups is 2. The lowest BCUT2D eigenvalue weighted by Gasteiger charge is -2.16. The Balaban J connectivity index is 2.26. The number of amides is 1. The van der Waals surface area contributed by atoms with Gasteiger partial charge < -0.3 is 14.4 Å². The molecule has 0 aromatic heterocycles. The second-order valence-electron chi connectivity index (χ2n) is 4.35. The van der Waals surface area contributed by atoms with Crippen LogP contribution in [0.2, 0.25) is 0 Å². The summed E-state index contributed by atoms with van der Waals surface area (Å²) in [5, 5.41) is 0. The van der Waals surface area contributed by atoms with Gasteiger partial charge in [0, 0.05) is 11.1 Å². The smallest absolute Gasteiger partial charge is 0.410 e. The Morgan fingerprint density at radius 2 is 2.26 bits per heavy atom. The molecular weight excluding hydrogens is 246 g/mol. The SMILES string of the molecule is CCOc1ccc(C(C)=O)cc1CN1CCOC1=O. The van der Waals surface area contributed by atoms with Crippen molar-refractivity contribution in [3.05, 3.63) is 29.3 Å². The van der Waals surface area contributed by atoms with Crippen LogP contribution in [0.25, 0.3) is 0 Å². The van der Waals surface area contributed by atoms with Crippen LogP contribution in [0.5, 0.6) is 5.75 Å². The topological polar surface area (TPSA) is 55.8 Å². The maximum Gasteiger partial charge on any atom is 0.410 e. The van der Waals surface area contributed by atoms with Crippen LogP contribution >= 0.6 is 0 Å². The monoisotopic (exact) mass is 263 g/mol. The number of ketones is 1. The van der Waals surface area contributed by atoms with E-state index in [1.54, 1.807) is 23.1 Å². The quantitative estimate of drug-likeness (QED) is 0.764. The lowest BCUT2D eigenvalue weighted by molar-refractivity contribution is 0.101. The molecule has 1 aromatic rings. The molecule has 1 aliphatic heterocycles.